The molecule has 0 aliphatic carbocycles. The van der Waals surface area contributed by atoms with Crippen LogP contribution in [0, 0.1) is 12.8 Å². The van der Waals surface area contributed by atoms with E-state index in [2.05, 4.69) is 15.6 Å². The van der Waals surface area contributed by atoms with Gasteiger partial charge in [0, 0.05) is 18.8 Å². The van der Waals surface area contributed by atoms with Gasteiger partial charge in [-0.1, -0.05) is 17.7 Å². The van der Waals surface area contributed by atoms with Crippen molar-refractivity contribution in [2.75, 3.05) is 40.1 Å². The molecular weight excluding hydrogens is 414 g/mol. The molecule has 1 saturated heterocycles. The van der Waals surface area contributed by atoms with Crippen LogP contribution in [-0.2, 0) is 14.4 Å². The smallest absolute Gasteiger partial charge is 0.234 e. The number of hydrogen-bond acceptors (Lipinski definition) is 6. The Morgan fingerprint density at radius 2 is 1.71 bits per heavy atom. The molecule has 0 saturated carbocycles. The zero-order valence-corrected chi connectivity index (χ0v) is 18.3. The highest BCUT2D eigenvalue weighted by Gasteiger charge is 2.24. The van der Waals surface area contributed by atoms with E-state index < -0.39 is 0 Å². The lowest BCUT2D eigenvalue weighted by Gasteiger charge is -2.32. The van der Waals surface area contributed by atoms with Crippen molar-refractivity contribution in [3.05, 3.63) is 48.2 Å². The van der Waals surface area contributed by atoms with Crippen LogP contribution in [0.15, 0.2) is 42.6 Å². The minimum Gasteiger partial charge on any atom is -0.369 e. The lowest BCUT2D eigenvalue weighted by molar-refractivity contribution is -0.122. The number of nitrogens with two attached hydrogens (primary N) is 1. The zero-order valence-electron chi connectivity index (χ0n) is 17.5. The Labute approximate surface area is 186 Å². The lowest BCUT2D eigenvalue weighted by Crippen LogP contribution is -2.41. The second kappa shape index (κ2) is 10.8. The maximum absolute atomic E-state index is 12.1. The number of amides is 3. The van der Waals surface area contributed by atoms with Gasteiger partial charge in [0.25, 0.3) is 0 Å². The van der Waals surface area contributed by atoms with Crippen molar-refractivity contribution in [3.8, 4) is 0 Å². The van der Waals surface area contributed by atoms with Gasteiger partial charge in [-0.05, 0) is 44.0 Å². The van der Waals surface area contributed by atoms with Gasteiger partial charge in [0.1, 0.15) is 5.82 Å². The van der Waals surface area contributed by atoms with Crippen LogP contribution in [0.1, 0.15) is 18.4 Å². The molecule has 8 nitrogen and oxygen atoms in total. The molecule has 2 aromatic rings. The van der Waals surface area contributed by atoms with E-state index in [4.69, 9.17) is 5.73 Å². The van der Waals surface area contributed by atoms with E-state index in [0.717, 1.165) is 36.5 Å². The summed E-state index contributed by atoms with van der Waals surface area (Å²) in [4.78, 5) is 42.0. The molecule has 1 aromatic heterocycles. The third-order valence-electron chi connectivity index (χ3n) is 4.98. The first-order valence-electron chi connectivity index (χ1n) is 10.1. The summed E-state index contributed by atoms with van der Waals surface area (Å²) in [6.45, 7) is 3.37. The number of primary amides is 1. The summed E-state index contributed by atoms with van der Waals surface area (Å²) < 4.78 is 0. The molecule has 9 heteroatoms. The van der Waals surface area contributed by atoms with E-state index in [0.29, 0.717) is 12.2 Å². The fraction of sp³-hybridized carbons (Fsp3) is 0.364. The Morgan fingerprint density at radius 3 is 2.32 bits per heavy atom. The number of aromatic nitrogens is 1. The first-order chi connectivity index (χ1) is 14.9. The van der Waals surface area contributed by atoms with Gasteiger partial charge in [0.15, 0.2) is 0 Å². The number of pyridine rings is 1. The van der Waals surface area contributed by atoms with E-state index in [1.165, 1.54) is 11.8 Å². The first kappa shape index (κ1) is 22.6. The Bertz CT molecular complexity index is 918. The van der Waals surface area contributed by atoms with Crippen LogP contribution in [-0.4, -0.2) is 47.3 Å². The van der Waals surface area contributed by atoms with E-state index in [1.807, 2.05) is 42.2 Å². The van der Waals surface area contributed by atoms with E-state index in [1.54, 1.807) is 12.3 Å². The Balaban J connectivity index is 1.40. The van der Waals surface area contributed by atoms with Gasteiger partial charge in [-0.25, -0.2) is 4.98 Å². The summed E-state index contributed by atoms with van der Waals surface area (Å²) in [6, 6.07) is 11.1. The number of hydrogen-bond donors (Lipinski definition) is 3. The van der Waals surface area contributed by atoms with Crippen LogP contribution < -0.4 is 21.3 Å². The average Bonchev–Trinajstić information content (AvgIpc) is 2.76. The molecule has 31 heavy (non-hydrogen) atoms. The van der Waals surface area contributed by atoms with Crippen molar-refractivity contribution in [2.24, 2.45) is 11.7 Å². The number of piperidine rings is 1. The van der Waals surface area contributed by atoms with Crippen LogP contribution >= 0.6 is 11.8 Å². The quantitative estimate of drug-likeness (QED) is 0.579. The second-order valence-corrected chi connectivity index (χ2v) is 8.53. The van der Waals surface area contributed by atoms with Crippen LogP contribution in [0.2, 0.25) is 0 Å². The summed E-state index contributed by atoms with van der Waals surface area (Å²) in [5.41, 5.74) is 7.87. The number of thioether (sulfide) groups is 1. The summed E-state index contributed by atoms with van der Waals surface area (Å²) in [7, 11) is 0. The molecule has 164 valence electrons. The molecule has 0 bridgehead atoms. The fourth-order valence-electron chi connectivity index (χ4n) is 3.33. The number of nitrogens with zero attached hydrogens (tertiary/aromatic N) is 2. The molecule has 1 aromatic carbocycles. The van der Waals surface area contributed by atoms with Gasteiger partial charge in [-0.15, -0.1) is 11.8 Å². The molecule has 2 heterocycles. The van der Waals surface area contributed by atoms with Crippen molar-refractivity contribution in [1.29, 1.82) is 0 Å². The Hall–Kier alpha value is -3.07. The minimum absolute atomic E-state index is 0.150. The normalized spacial score (nSPS) is 15.9. The van der Waals surface area contributed by atoms with Crippen LogP contribution in [0.4, 0.5) is 17.2 Å². The topological polar surface area (TPSA) is 117 Å². The van der Waals surface area contributed by atoms with E-state index >= 15 is 0 Å². The van der Waals surface area contributed by atoms with Crippen molar-refractivity contribution >= 4 is 46.7 Å². The molecule has 3 amide bonds. The third-order valence-corrected chi connectivity index (χ3v) is 5.91. The molecule has 1 aliphatic rings. The second-order valence-electron chi connectivity index (χ2n) is 7.55. The number of aryl methyl sites for hydroxylation is 1. The molecule has 0 spiro atoms. The molecule has 1 fully saturated rings. The SMILES string of the molecule is Cc1ccc(NC(=O)CSCC(=O)Nc2ccc(N3CCCC(C(N)=O)C3)nc2)cc1. The monoisotopic (exact) mass is 441 g/mol. The molecule has 1 aliphatic heterocycles. The predicted octanol–water partition coefficient (Wildman–Crippen LogP) is 2.40. The molecule has 1 unspecified atom stereocenters. The van der Waals surface area contributed by atoms with Crippen LogP contribution in [0.25, 0.3) is 0 Å². The first-order valence-corrected chi connectivity index (χ1v) is 11.3. The predicted molar refractivity (Wildman–Crippen MR) is 124 cm³/mol. The summed E-state index contributed by atoms with van der Waals surface area (Å²) in [6.07, 6.45) is 3.29. The molecule has 4 N–H and O–H groups in total. The number of anilines is 3. The zero-order chi connectivity index (χ0) is 22.2. The van der Waals surface area contributed by atoms with Crippen molar-refractivity contribution in [2.45, 2.75) is 19.8 Å². The van der Waals surface area contributed by atoms with Gasteiger partial charge < -0.3 is 21.3 Å². The van der Waals surface area contributed by atoms with Crippen molar-refractivity contribution < 1.29 is 14.4 Å². The van der Waals surface area contributed by atoms with Gasteiger partial charge in [-0.3, -0.25) is 14.4 Å². The van der Waals surface area contributed by atoms with Gasteiger partial charge >= 0.3 is 0 Å². The number of benzene rings is 1. The van der Waals surface area contributed by atoms with Crippen LogP contribution in [0.3, 0.4) is 0 Å². The summed E-state index contributed by atoms with van der Waals surface area (Å²) in [5.74, 6) is 0.321. The molecule has 1 atom stereocenters. The largest absolute Gasteiger partial charge is 0.369 e. The number of carbonyl (C=O) groups excluding carboxylic acids is 3. The standard InChI is InChI=1S/C22H27N5O3S/c1-15-4-6-17(7-5-15)25-20(28)13-31-14-21(29)26-18-8-9-19(24-11-18)27-10-2-3-16(12-27)22(23)30/h4-9,11,16H,2-3,10,12-14H2,1H3,(H2,23,30)(H,25,28)(H,26,29). The van der Waals surface area contributed by atoms with E-state index in [-0.39, 0.29) is 35.1 Å². The molecular formula is C22H27N5O3S. The average molecular weight is 442 g/mol. The summed E-state index contributed by atoms with van der Waals surface area (Å²) >= 11 is 1.24. The van der Waals surface area contributed by atoms with Gasteiger partial charge in [0.2, 0.25) is 17.7 Å². The molecule has 0 radical (unpaired) electrons. The van der Waals surface area contributed by atoms with Crippen molar-refractivity contribution in [3.63, 3.8) is 0 Å². The van der Waals surface area contributed by atoms with Crippen LogP contribution in [0.5, 0.6) is 0 Å². The third kappa shape index (κ3) is 6.99. The highest BCUT2D eigenvalue weighted by molar-refractivity contribution is 8.00. The minimum atomic E-state index is -0.279. The number of rotatable bonds is 8. The maximum atomic E-state index is 12.1. The van der Waals surface area contributed by atoms with Gasteiger partial charge in [0.05, 0.1) is 29.3 Å². The van der Waals surface area contributed by atoms with Gasteiger partial charge in [-0.2, -0.15) is 0 Å². The van der Waals surface area contributed by atoms with Crippen molar-refractivity contribution in [1.82, 2.24) is 4.98 Å². The molecule has 3 rings (SSSR count). The summed E-state index contributed by atoms with van der Waals surface area (Å²) in [5, 5.41) is 5.59. The lowest BCUT2D eigenvalue weighted by atomic mass is 9.97. The number of carbonyl (C=O) groups is 3. The highest BCUT2D eigenvalue weighted by Crippen LogP contribution is 2.22. The highest BCUT2D eigenvalue weighted by atomic mass is 32.2. The Morgan fingerprint density at radius 1 is 1.06 bits per heavy atom. The maximum Gasteiger partial charge on any atom is 0.234 e. The number of nitrogens with one attached hydrogen (secondary N) is 2. The fourth-order valence-corrected chi connectivity index (χ4v) is 3.95. The Kier molecular flexibility index (Phi) is 7.88. The van der Waals surface area contributed by atoms with E-state index in [9.17, 15) is 14.4 Å².